The van der Waals surface area contributed by atoms with Gasteiger partial charge in [0, 0.05) is 37.3 Å². The third-order valence-electron chi connectivity index (χ3n) is 3.66. The monoisotopic (exact) mass is 264 g/mol. The van der Waals surface area contributed by atoms with Crippen LogP contribution in [0.4, 0.5) is 0 Å². The van der Waals surface area contributed by atoms with Crippen molar-refractivity contribution in [2.45, 2.75) is 25.9 Å². The van der Waals surface area contributed by atoms with Crippen molar-refractivity contribution in [2.24, 2.45) is 11.7 Å². The van der Waals surface area contributed by atoms with Gasteiger partial charge in [0.15, 0.2) is 0 Å². The van der Waals surface area contributed by atoms with E-state index in [2.05, 4.69) is 17.9 Å². The van der Waals surface area contributed by atoms with Crippen molar-refractivity contribution in [3.8, 4) is 11.5 Å². The number of piperidine rings is 1. The summed E-state index contributed by atoms with van der Waals surface area (Å²) in [7, 11) is 3.36. The van der Waals surface area contributed by atoms with Gasteiger partial charge in [-0.1, -0.05) is 13.0 Å². The Morgan fingerprint density at radius 3 is 2.68 bits per heavy atom. The fourth-order valence-corrected chi connectivity index (χ4v) is 2.87. The third kappa shape index (κ3) is 3.61. The average molecular weight is 264 g/mol. The summed E-state index contributed by atoms with van der Waals surface area (Å²) in [6, 6.07) is 6.27. The van der Waals surface area contributed by atoms with Crippen LogP contribution >= 0.6 is 0 Å². The Labute approximate surface area is 115 Å². The molecule has 1 aliphatic heterocycles. The molecule has 0 aliphatic carbocycles. The lowest BCUT2D eigenvalue weighted by molar-refractivity contribution is 0.157. The predicted molar refractivity (Wildman–Crippen MR) is 76.6 cm³/mol. The van der Waals surface area contributed by atoms with Gasteiger partial charge in [0.1, 0.15) is 11.5 Å². The molecule has 1 fully saturated rings. The molecule has 1 saturated heterocycles. The number of benzene rings is 1. The van der Waals surface area contributed by atoms with Crippen molar-refractivity contribution in [2.75, 3.05) is 27.3 Å². The second-order valence-electron chi connectivity index (χ2n) is 5.47. The summed E-state index contributed by atoms with van der Waals surface area (Å²) in [6.07, 6.45) is 1.12. The Morgan fingerprint density at radius 2 is 2.05 bits per heavy atom. The van der Waals surface area contributed by atoms with Crippen LogP contribution in [0.15, 0.2) is 18.2 Å². The molecule has 4 nitrogen and oxygen atoms in total. The number of nitrogens with two attached hydrogens (primary N) is 1. The van der Waals surface area contributed by atoms with Gasteiger partial charge >= 0.3 is 0 Å². The van der Waals surface area contributed by atoms with E-state index in [0.29, 0.717) is 5.92 Å². The van der Waals surface area contributed by atoms with Gasteiger partial charge in [-0.25, -0.2) is 0 Å². The smallest absolute Gasteiger partial charge is 0.127 e. The second-order valence-corrected chi connectivity index (χ2v) is 5.47. The normalized spacial score (nSPS) is 24.2. The molecular weight excluding hydrogens is 240 g/mol. The molecule has 0 bridgehead atoms. The summed E-state index contributed by atoms with van der Waals surface area (Å²) in [6.45, 7) is 5.20. The number of rotatable bonds is 4. The van der Waals surface area contributed by atoms with Gasteiger partial charge in [-0.05, 0) is 18.4 Å². The molecule has 1 heterocycles. The summed E-state index contributed by atoms with van der Waals surface area (Å²) in [5, 5.41) is 0. The van der Waals surface area contributed by atoms with Crippen LogP contribution in [-0.4, -0.2) is 38.3 Å². The number of nitrogens with zero attached hydrogens (tertiary/aromatic N) is 1. The van der Waals surface area contributed by atoms with Crippen LogP contribution in [0.2, 0.25) is 0 Å². The minimum Gasteiger partial charge on any atom is -0.497 e. The van der Waals surface area contributed by atoms with Crippen molar-refractivity contribution < 1.29 is 9.47 Å². The van der Waals surface area contributed by atoms with E-state index >= 15 is 0 Å². The van der Waals surface area contributed by atoms with E-state index in [0.717, 1.165) is 37.6 Å². The second kappa shape index (κ2) is 6.26. The topological polar surface area (TPSA) is 47.7 Å². The lowest BCUT2D eigenvalue weighted by Gasteiger charge is -2.35. The number of ether oxygens (including phenoxy) is 2. The largest absolute Gasteiger partial charge is 0.497 e. The van der Waals surface area contributed by atoms with E-state index in [4.69, 9.17) is 15.2 Å². The molecule has 2 unspecified atom stereocenters. The van der Waals surface area contributed by atoms with Crippen molar-refractivity contribution in [3.63, 3.8) is 0 Å². The predicted octanol–water partition coefficient (Wildman–Crippen LogP) is 1.87. The number of methoxy groups -OCH3 is 2. The van der Waals surface area contributed by atoms with Gasteiger partial charge in [-0.15, -0.1) is 0 Å². The molecule has 19 heavy (non-hydrogen) atoms. The summed E-state index contributed by atoms with van der Waals surface area (Å²) >= 11 is 0. The summed E-state index contributed by atoms with van der Waals surface area (Å²) in [4.78, 5) is 2.41. The molecule has 0 amide bonds. The highest BCUT2D eigenvalue weighted by Crippen LogP contribution is 2.27. The van der Waals surface area contributed by atoms with E-state index in [1.54, 1.807) is 14.2 Å². The molecule has 2 atom stereocenters. The van der Waals surface area contributed by atoms with Crippen LogP contribution in [0.1, 0.15) is 18.9 Å². The van der Waals surface area contributed by atoms with Gasteiger partial charge < -0.3 is 15.2 Å². The summed E-state index contributed by atoms with van der Waals surface area (Å²) in [5.41, 5.74) is 7.28. The maximum Gasteiger partial charge on any atom is 0.127 e. The first-order valence-corrected chi connectivity index (χ1v) is 6.81. The van der Waals surface area contributed by atoms with Gasteiger partial charge in [0.2, 0.25) is 0 Å². The standard InChI is InChI=1S/C15H24N2O2/c1-11-6-13(16)10-17(8-11)9-12-4-5-14(18-2)7-15(12)19-3/h4-5,7,11,13H,6,8-10,16H2,1-3H3. The van der Waals surface area contributed by atoms with Crippen LogP contribution in [-0.2, 0) is 6.54 Å². The maximum absolute atomic E-state index is 6.09. The molecule has 2 N–H and O–H groups in total. The fraction of sp³-hybridized carbons (Fsp3) is 0.600. The van der Waals surface area contributed by atoms with Crippen LogP contribution in [0, 0.1) is 5.92 Å². The molecular formula is C15H24N2O2. The van der Waals surface area contributed by atoms with Crippen molar-refractivity contribution in [3.05, 3.63) is 23.8 Å². The molecule has 0 saturated carbocycles. The van der Waals surface area contributed by atoms with Crippen molar-refractivity contribution in [1.82, 2.24) is 4.90 Å². The van der Waals surface area contributed by atoms with E-state index < -0.39 is 0 Å². The van der Waals surface area contributed by atoms with Crippen LogP contribution < -0.4 is 15.2 Å². The highest BCUT2D eigenvalue weighted by Gasteiger charge is 2.22. The van der Waals surface area contributed by atoms with E-state index in [1.165, 1.54) is 5.56 Å². The first-order chi connectivity index (χ1) is 9.12. The van der Waals surface area contributed by atoms with Crippen LogP contribution in [0.5, 0.6) is 11.5 Å². The number of hydrogen-bond donors (Lipinski definition) is 1. The maximum atomic E-state index is 6.09. The molecule has 1 aromatic rings. The molecule has 1 aliphatic rings. The Balaban J connectivity index is 2.09. The highest BCUT2D eigenvalue weighted by atomic mass is 16.5. The first-order valence-electron chi connectivity index (χ1n) is 6.81. The van der Waals surface area contributed by atoms with E-state index in [-0.39, 0.29) is 6.04 Å². The number of likely N-dealkylation sites (tertiary alicyclic amines) is 1. The average Bonchev–Trinajstić information content (AvgIpc) is 2.38. The van der Waals surface area contributed by atoms with E-state index in [9.17, 15) is 0 Å². The molecule has 0 radical (unpaired) electrons. The summed E-state index contributed by atoms with van der Waals surface area (Å²) < 4.78 is 10.7. The fourth-order valence-electron chi connectivity index (χ4n) is 2.87. The van der Waals surface area contributed by atoms with Gasteiger partial charge in [0.05, 0.1) is 14.2 Å². The molecule has 2 rings (SSSR count). The molecule has 0 spiro atoms. The van der Waals surface area contributed by atoms with Crippen molar-refractivity contribution in [1.29, 1.82) is 0 Å². The zero-order chi connectivity index (χ0) is 13.8. The SMILES string of the molecule is COc1ccc(CN2CC(C)CC(N)C2)c(OC)c1. The Hall–Kier alpha value is -1.26. The molecule has 106 valence electrons. The van der Waals surface area contributed by atoms with Crippen LogP contribution in [0.25, 0.3) is 0 Å². The van der Waals surface area contributed by atoms with Gasteiger partial charge in [-0.2, -0.15) is 0 Å². The third-order valence-corrected chi connectivity index (χ3v) is 3.66. The molecule has 0 aromatic heterocycles. The Kier molecular flexibility index (Phi) is 4.66. The van der Waals surface area contributed by atoms with E-state index in [1.807, 2.05) is 12.1 Å². The Bertz CT molecular complexity index is 413. The molecule has 1 aromatic carbocycles. The zero-order valence-corrected chi connectivity index (χ0v) is 12.1. The first kappa shape index (κ1) is 14.2. The lowest BCUT2D eigenvalue weighted by Crippen LogP contribution is -2.45. The minimum atomic E-state index is 0.285. The Morgan fingerprint density at radius 1 is 1.26 bits per heavy atom. The van der Waals surface area contributed by atoms with Crippen LogP contribution in [0.3, 0.4) is 0 Å². The van der Waals surface area contributed by atoms with Gasteiger partial charge in [0.25, 0.3) is 0 Å². The highest BCUT2D eigenvalue weighted by molar-refractivity contribution is 5.40. The quantitative estimate of drug-likeness (QED) is 0.902. The minimum absolute atomic E-state index is 0.285. The summed E-state index contributed by atoms with van der Waals surface area (Å²) in [5.74, 6) is 2.36. The molecule has 4 heteroatoms. The number of hydrogen-bond acceptors (Lipinski definition) is 4. The van der Waals surface area contributed by atoms with Crippen molar-refractivity contribution >= 4 is 0 Å². The lowest BCUT2D eigenvalue weighted by atomic mass is 9.96. The van der Waals surface area contributed by atoms with Gasteiger partial charge in [-0.3, -0.25) is 4.90 Å². The zero-order valence-electron chi connectivity index (χ0n) is 12.1.